The quantitative estimate of drug-likeness (QED) is 0.653. The van der Waals surface area contributed by atoms with Gasteiger partial charge in [-0.1, -0.05) is 0 Å². The fourth-order valence-electron chi connectivity index (χ4n) is 1.70. The van der Waals surface area contributed by atoms with Crippen LogP contribution in [0.15, 0.2) is 12.2 Å². The van der Waals surface area contributed by atoms with E-state index >= 15 is 0 Å². The second-order valence-electron chi connectivity index (χ2n) is 3.61. The highest BCUT2D eigenvalue weighted by Gasteiger charge is 2.25. The topological polar surface area (TPSA) is 70.8 Å². The van der Waals surface area contributed by atoms with E-state index in [1.54, 1.807) is 13.8 Å². The maximum absolute atomic E-state index is 11.6. The third-order valence-electron chi connectivity index (χ3n) is 2.72. The molecule has 78 valence electrons. The van der Waals surface area contributed by atoms with Crippen LogP contribution in [0, 0.1) is 25.2 Å². The van der Waals surface area contributed by atoms with Crippen LogP contribution in [-0.4, -0.2) is 16.6 Å². The van der Waals surface area contributed by atoms with Gasteiger partial charge in [-0.25, -0.2) is 4.98 Å². The molecule has 1 aromatic heterocycles. The average Bonchev–Trinajstić information content (AvgIpc) is 2.27. The first-order valence-corrected chi connectivity index (χ1v) is 4.74. The lowest BCUT2D eigenvalue weighted by atomic mass is 9.92. The summed E-state index contributed by atoms with van der Waals surface area (Å²) < 4.78 is 0. The molecule has 1 aliphatic rings. The molecule has 0 N–H and O–H groups in total. The first kappa shape index (κ1) is 10.2. The van der Waals surface area contributed by atoms with Crippen LogP contribution in [-0.2, 0) is 0 Å². The summed E-state index contributed by atoms with van der Waals surface area (Å²) >= 11 is 0. The van der Waals surface area contributed by atoms with E-state index in [0.29, 0.717) is 16.7 Å². The van der Waals surface area contributed by atoms with Gasteiger partial charge in [0, 0.05) is 0 Å². The maximum Gasteiger partial charge on any atom is 0.205 e. The van der Waals surface area contributed by atoms with E-state index < -0.39 is 0 Å². The highest BCUT2D eigenvalue weighted by Crippen LogP contribution is 2.23. The van der Waals surface area contributed by atoms with Gasteiger partial charge in [0.1, 0.15) is 17.5 Å². The van der Waals surface area contributed by atoms with Gasteiger partial charge in [0.2, 0.25) is 5.78 Å². The molecule has 2 rings (SSSR count). The third-order valence-corrected chi connectivity index (χ3v) is 2.72. The first-order chi connectivity index (χ1) is 7.56. The molecule has 4 heteroatoms. The largest absolute Gasteiger partial charge is 0.289 e. The highest BCUT2D eigenvalue weighted by molar-refractivity contribution is 6.21. The molecular weight excluding hydrogens is 204 g/mol. The molecule has 0 saturated heterocycles. The van der Waals surface area contributed by atoms with Crippen molar-refractivity contribution in [3.8, 4) is 6.07 Å². The van der Waals surface area contributed by atoms with Gasteiger partial charge in [-0.15, -0.1) is 0 Å². The van der Waals surface area contributed by atoms with E-state index in [2.05, 4.69) is 4.98 Å². The predicted molar refractivity (Wildman–Crippen MR) is 56.2 cm³/mol. The van der Waals surface area contributed by atoms with Crippen molar-refractivity contribution >= 4 is 11.6 Å². The number of pyridine rings is 1. The molecule has 0 atom stereocenters. The Morgan fingerprint density at radius 2 is 1.75 bits per heavy atom. The van der Waals surface area contributed by atoms with E-state index in [4.69, 9.17) is 5.26 Å². The molecule has 16 heavy (non-hydrogen) atoms. The molecule has 1 aromatic rings. The molecule has 0 spiro atoms. The van der Waals surface area contributed by atoms with Crippen molar-refractivity contribution in [1.29, 1.82) is 5.26 Å². The van der Waals surface area contributed by atoms with Crippen LogP contribution >= 0.6 is 0 Å². The summed E-state index contributed by atoms with van der Waals surface area (Å²) in [5.41, 5.74) is 1.92. The fraction of sp³-hybridized carbons (Fsp3) is 0.167. The van der Waals surface area contributed by atoms with E-state index in [9.17, 15) is 9.59 Å². The molecule has 0 radical (unpaired) electrons. The summed E-state index contributed by atoms with van der Waals surface area (Å²) in [7, 11) is 0. The Kier molecular flexibility index (Phi) is 2.17. The SMILES string of the molecule is Cc1c(C#N)nc2c(c1C)C(=O)C=CC2=O. The maximum atomic E-state index is 11.6. The smallest absolute Gasteiger partial charge is 0.205 e. The Bertz CT molecular complexity index is 592. The van der Waals surface area contributed by atoms with Crippen LogP contribution in [0.4, 0.5) is 0 Å². The lowest BCUT2D eigenvalue weighted by Crippen LogP contribution is -2.17. The Hall–Kier alpha value is -2.28. The van der Waals surface area contributed by atoms with Crippen molar-refractivity contribution in [3.63, 3.8) is 0 Å². The van der Waals surface area contributed by atoms with Gasteiger partial charge >= 0.3 is 0 Å². The molecule has 0 fully saturated rings. The van der Waals surface area contributed by atoms with Crippen molar-refractivity contribution in [2.75, 3.05) is 0 Å². The fourth-order valence-corrected chi connectivity index (χ4v) is 1.70. The molecule has 0 saturated carbocycles. The number of carbonyl (C=O) groups excluding carboxylic acids is 2. The zero-order valence-corrected chi connectivity index (χ0v) is 8.87. The Morgan fingerprint density at radius 3 is 2.38 bits per heavy atom. The lowest BCUT2D eigenvalue weighted by molar-refractivity contribution is 0.0989. The second-order valence-corrected chi connectivity index (χ2v) is 3.61. The number of aromatic nitrogens is 1. The zero-order valence-electron chi connectivity index (χ0n) is 8.87. The summed E-state index contributed by atoms with van der Waals surface area (Å²) in [6.45, 7) is 3.44. The van der Waals surface area contributed by atoms with Gasteiger partial charge in [-0.3, -0.25) is 9.59 Å². The minimum atomic E-state index is -0.325. The molecule has 0 bridgehead atoms. The van der Waals surface area contributed by atoms with Crippen LogP contribution in [0.5, 0.6) is 0 Å². The number of nitrogens with zero attached hydrogens (tertiary/aromatic N) is 2. The van der Waals surface area contributed by atoms with E-state index in [0.717, 1.165) is 0 Å². The number of ketones is 2. The Morgan fingerprint density at radius 1 is 1.12 bits per heavy atom. The van der Waals surface area contributed by atoms with Crippen molar-refractivity contribution < 1.29 is 9.59 Å². The molecule has 1 aliphatic carbocycles. The van der Waals surface area contributed by atoms with E-state index in [1.165, 1.54) is 12.2 Å². The van der Waals surface area contributed by atoms with Crippen molar-refractivity contribution in [1.82, 2.24) is 4.98 Å². The normalized spacial score (nSPS) is 13.6. The van der Waals surface area contributed by atoms with Gasteiger partial charge in [0.05, 0.1) is 5.56 Å². The molecule has 0 unspecified atom stereocenters. The average molecular weight is 212 g/mol. The van der Waals surface area contributed by atoms with Crippen molar-refractivity contribution in [2.45, 2.75) is 13.8 Å². The first-order valence-electron chi connectivity index (χ1n) is 4.74. The van der Waals surface area contributed by atoms with Crippen LogP contribution < -0.4 is 0 Å². The van der Waals surface area contributed by atoms with Gasteiger partial charge in [0.15, 0.2) is 5.78 Å². The summed E-state index contributed by atoms with van der Waals surface area (Å²) in [4.78, 5) is 27.1. The molecule has 0 aliphatic heterocycles. The molecule has 4 nitrogen and oxygen atoms in total. The zero-order chi connectivity index (χ0) is 11.9. The van der Waals surface area contributed by atoms with Crippen LogP contribution in [0.2, 0.25) is 0 Å². The van der Waals surface area contributed by atoms with Crippen LogP contribution in [0.3, 0.4) is 0 Å². The van der Waals surface area contributed by atoms with E-state index in [1.807, 2.05) is 6.07 Å². The van der Waals surface area contributed by atoms with Crippen LogP contribution in [0.25, 0.3) is 0 Å². The number of fused-ring (bicyclic) bond motifs is 1. The summed E-state index contributed by atoms with van der Waals surface area (Å²) in [6.07, 6.45) is 2.43. The minimum Gasteiger partial charge on any atom is -0.289 e. The summed E-state index contributed by atoms with van der Waals surface area (Å²) in [6, 6.07) is 1.92. The minimum absolute atomic E-state index is 0.0900. The summed E-state index contributed by atoms with van der Waals surface area (Å²) in [5.74, 6) is -0.554. The van der Waals surface area contributed by atoms with Gasteiger partial charge < -0.3 is 0 Å². The number of hydrogen-bond acceptors (Lipinski definition) is 4. The number of rotatable bonds is 0. The third kappa shape index (κ3) is 1.26. The molecule has 0 aromatic carbocycles. The van der Waals surface area contributed by atoms with Gasteiger partial charge in [-0.05, 0) is 37.1 Å². The van der Waals surface area contributed by atoms with Crippen molar-refractivity contribution in [3.05, 3.63) is 40.2 Å². The standard InChI is InChI=1S/C12H8N2O2/c1-6-7(2)11-9(15)3-4-10(16)12(11)14-8(6)5-13/h3-4H,1-2H3. The van der Waals surface area contributed by atoms with Crippen LogP contribution in [0.1, 0.15) is 37.7 Å². The number of carbonyl (C=O) groups is 2. The second kappa shape index (κ2) is 3.38. The van der Waals surface area contributed by atoms with Gasteiger partial charge in [-0.2, -0.15) is 5.26 Å². The number of hydrogen-bond donors (Lipinski definition) is 0. The lowest BCUT2D eigenvalue weighted by Gasteiger charge is -2.13. The Balaban J connectivity index is 2.86. The van der Waals surface area contributed by atoms with Gasteiger partial charge in [0.25, 0.3) is 0 Å². The number of allylic oxidation sites excluding steroid dienone is 2. The molecule has 0 amide bonds. The van der Waals surface area contributed by atoms with E-state index in [-0.39, 0.29) is 23.0 Å². The Labute approximate surface area is 92.2 Å². The highest BCUT2D eigenvalue weighted by atomic mass is 16.1. The number of nitriles is 1. The van der Waals surface area contributed by atoms with Crippen molar-refractivity contribution in [2.24, 2.45) is 0 Å². The summed E-state index contributed by atoms with van der Waals surface area (Å²) in [5, 5.41) is 8.87. The monoisotopic (exact) mass is 212 g/mol. The predicted octanol–water partition coefficient (Wildman–Crippen LogP) is 1.51. The molecule has 1 heterocycles. The molecular formula is C12H8N2O2.